The number of carboxylic acids is 1. The molecule has 0 bridgehead atoms. The third-order valence-corrected chi connectivity index (χ3v) is 7.20. The number of aliphatic carboxylic acids is 1. The second-order valence-corrected chi connectivity index (χ2v) is 10.8. The van der Waals surface area contributed by atoms with E-state index in [1.165, 1.54) is 0 Å². The molecule has 2 N–H and O–H groups in total. The molecule has 0 saturated carbocycles. The van der Waals surface area contributed by atoms with Crippen LogP contribution in [0.2, 0.25) is 0 Å². The summed E-state index contributed by atoms with van der Waals surface area (Å²) in [7, 11) is 0. The monoisotopic (exact) mass is 529 g/mol. The molecule has 0 aromatic heterocycles. The van der Waals surface area contributed by atoms with Gasteiger partial charge in [0.05, 0.1) is 24.9 Å². The summed E-state index contributed by atoms with van der Waals surface area (Å²) in [4.78, 5) is 13.2. The standard InChI is InChI=1S/C31H44FNO5/c1-21(2)38-28-14-13-25(8-5-6-10-31(35)36)29(18-28)23(4)37-20-27(34)19-33-15-7-9-26(33)16-24-12-11-22(3)30(32)17-24/h11-14,17-18,21,23,26-27,34H,5-10,15-16,19-20H2,1-4H3,(H,35,36)/t23?,26-,27+/m0/s1. The average Bonchev–Trinajstić information content (AvgIpc) is 3.28. The number of likely N-dealkylation sites (tertiary alicyclic amines) is 1. The summed E-state index contributed by atoms with van der Waals surface area (Å²) in [5, 5.41) is 19.8. The zero-order valence-electron chi connectivity index (χ0n) is 23.3. The lowest BCUT2D eigenvalue weighted by Gasteiger charge is -2.28. The van der Waals surface area contributed by atoms with Gasteiger partial charge < -0.3 is 19.7 Å². The van der Waals surface area contributed by atoms with Gasteiger partial charge in [0.25, 0.3) is 0 Å². The topological polar surface area (TPSA) is 79.2 Å². The van der Waals surface area contributed by atoms with Crippen LogP contribution in [0.25, 0.3) is 0 Å². The Labute approximate surface area is 226 Å². The molecule has 1 unspecified atom stereocenters. The van der Waals surface area contributed by atoms with Crippen LogP contribution in [0, 0.1) is 12.7 Å². The van der Waals surface area contributed by atoms with Crippen LogP contribution in [0.3, 0.4) is 0 Å². The lowest BCUT2D eigenvalue weighted by atomic mass is 9.97. The van der Waals surface area contributed by atoms with E-state index in [0.717, 1.165) is 61.1 Å². The van der Waals surface area contributed by atoms with E-state index < -0.39 is 12.1 Å². The predicted molar refractivity (Wildman–Crippen MR) is 147 cm³/mol. The van der Waals surface area contributed by atoms with E-state index in [1.807, 2.05) is 51.1 Å². The van der Waals surface area contributed by atoms with Gasteiger partial charge in [0.2, 0.25) is 0 Å². The molecule has 210 valence electrons. The van der Waals surface area contributed by atoms with Gasteiger partial charge in [-0.15, -0.1) is 0 Å². The normalized spacial score (nSPS) is 17.6. The van der Waals surface area contributed by atoms with E-state index in [0.29, 0.717) is 18.5 Å². The van der Waals surface area contributed by atoms with Crippen LogP contribution in [0.1, 0.15) is 81.2 Å². The number of aryl methyl sites for hydroxylation is 2. The van der Waals surface area contributed by atoms with Crippen molar-refractivity contribution in [1.29, 1.82) is 0 Å². The Morgan fingerprint density at radius 1 is 1.16 bits per heavy atom. The second-order valence-electron chi connectivity index (χ2n) is 10.8. The highest BCUT2D eigenvalue weighted by Gasteiger charge is 2.27. The largest absolute Gasteiger partial charge is 0.491 e. The molecule has 1 fully saturated rings. The van der Waals surface area contributed by atoms with Gasteiger partial charge >= 0.3 is 5.97 Å². The van der Waals surface area contributed by atoms with Crippen molar-refractivity contribution in [3.8, 4) is 5.75 Å². The summed E-state index contributed by atoms with van der Waals surface area (Å²) in [6.45, 7) is 9.36. The summed E-state index contributed by atoms with van der Waals surface area (Å²) in [6, 6.07) is 11.7. The molecule has 2 aromatic rings. The van der Waals surface area contributed by atoms with Crippen molar-refractivity contribution in [2.75, 3.05) is 19.7 Å². The lowest BCUT2D eigenvalue weighted by molar-refractivity contribution is -0.137. The van der Waals surface area contributed by atoms with Gasteiger partial charge in [0.15, 0.2) is 0 Å². The van der Waals surface area contributed by atoms with E-state index in [1.54, 1.807) is 13.0 Å². The second kappa shape index (κ2) is 14.6. The number of halogens is 1. The van der Waals surface area contributed by atoms with Crippen LogP contribution < -0.4 is 4.74 Å². The minimum atomic E-state index is -0.775. The Hall–Kier alpha value is -2.48. The maximum atomic E-state index is 14.0. The summed E-state index contributed by atoms with van der Waals surface area (Å²) in [5.41, 5.74) is 3.76. The molecule has 3 rings (SSSR count). The number of carboxylic acid groups (broad SMARTS) is 1. The Morgan fingerprint density at radius 3 is 2.66 bits per heavy atom. The maximum absolute atomic E-state index is 14.0. The summed E-state index contributed by atoms with van der Waals surface area (Å²) < 4.78 is 26.1. The molecular weight excluding hydrogens is 485 g/mol. The zero-order chi connectivity index (χ0) is 27.7. The Morgan fingerprint density at radius 2 is 1.95 bits per heavy atom. The fraction of sp³-hybridized carbons (Fsp3) is 0.581. The fourth-order valence-corrected chi connectivity index (χ4v) is 5.19. The van der Waals surface area contributed by atoms with Crippen LogP contribution in [-0.2, 0) is 22.4 Å². The van der Waals surface area contributed by atoms with Crippen LogP contribution in [0.15, 0.2) is 36.4 Å². The van der Waals surface area contributed by atoms with Crippen molar-refractivity contribution >= 4 is 5.97 Å². The smallest absolute Gasteiger partial charge is 0.303 e. The van der Waals surface area contributed by atoms with Crippen LogP contribution in [-0.4, -0.2) is 59.0 Å². The zero-order valence-corrected chi connectivity index (χ0v) is 23.3. The SMILES string of the molecule is Cc1ccc(C[C@@H]2CCCN2C[C@@H](O)COC(C)c2cc(OC(C)C)ccc2CCCCC(=O)O)cc1F. The molecule has 0 radical (unpaired) electrons. The van der Waals surface area contributed by atoms with Crippen LogP contribution in [0.4, 0.5) is 4.39 Å². The van der Waals surface area contributed by atoms with Gasteiger partial charge in [-0.1, -0.05) is 18.2 Å². The Bertz CT molecular complexity index is 1040. The quantitative estimate of drug-likeness (QED) is 0.281. The predicted octanol–water partition coefficient (Wildman–Crippen LogP) is 5.86. The van der Waals surface area contributed by atoms with Gasteiger partial charge in [-0.2, -0.15) is 0 Å². The third-order valence-electron chi connectivity index (χ3n) is 7.20. The first-order chi connectivity index (χ1) is 18.1. The molecule has 2 aromatic carbocycles. The number of hydrogen-bond acceptors (Lipinski definition) is 5. The molecule has 0 spiro atoms. The summed E-state index contributed by atoms with van der Waals surface area (Å²) in [5.74, 6) is -0.172. The number of hydrogen-bond donors (Lipinski definition) is 2. The highest BCUT2D eigenvalue weighted by atomic mass is 19.1. The number of aliphatic hydroxyl groups is 1. The van der Waals surface area contributed by atoms with Crippen molar-refractivity contribution in [1.82, 2.24) is 4.90 Å². The fourth-order valence-electron chi connectivity index (χ4n) is 5.19. The molecule has 0 amide bonds. The number of β-amino-alcohol motifs (C(OH)–C–C–N with tert-alkyl or cyclic N) is 1. The van der Waals surface area contributed by atoms with Crippen molar-refractivity contribution in [3.63, 3.8) is 0 Å². The molecule has 6 nitrogen and oxygen atoms in total. The number of carbonyl (C=O) groups is 1. The third kappa shape index (κ3) is 9.37. The lowest BCUT2D eigenvalue weighted by Crippen LogP contribution is -2.39. The van der Waals surface area contributed by atoms with Crippen LogP contribution >= 0.6 is 0 Å². The molecule has 3 atom stereocenters. The molecule has 0 aliphatic carbocycles. The first-order valence-corrected chi connectivity index (χ1v) is 13.9. The van der Waals surface area contributed by atoms with E-state index in [4.69, 9.17) is 14.6 Å². The average molecular weight is 530 g/mol. The molecule has 1 heterocycles. The van der Waals surface area contributed by atoms with Gasteiger partial charge in [-0.3, -0.25) is 9.69 Å². The minimum absolute atomic E-state index is 0.0483. The molecular formula is C31H44FNO5. The molecule has 1 saturated heterocycles. The number of benzene rings is 2. The molecule has 7 heteroatoms. The van der Waals surface area contributed by atoms with Gasteiger partial charge in [-0.05, 0) is 113 Å². The highest BCUT2D eigenvalue weighted by Crippen LogP contribution is 2.29. The number of nitrogens with zero attached hydrogens (tertiary/aromatic N) is 1. The van der Waals surface area contributed by atoms with Crippen LogP contribution in [0.5, 0.6) is 5.75 Å². The molecule has 1 aliphatic rings. The first-order valence-electron chi connectivity index (χ1n) is 13.9. The summed E-state index contributed by atoms with van der Waals surface area (Å²) in [6.07, 6.45) is 4.36. The maximum Gasteiger partial charge on any atom is 0.303 e. The summed E-state index contributed by atoms with van der Waals surface area (Å²) >= 11 is 0. The number of rotatable bonds is 15. The number of aliphatic hydroxyl groups excluding tert-OH is 1. The van der Waals surface area contributed by atoms with E-state index in [-0.39, 0.29) is 37.1 Å². The molecule has 1 aliphatic heterocycles. The van der Waals surface area contributed by atoms with Crippen molar-refractivity contribution in [2.45, 2.75) is 97.0 Å². The van der Waals surface area contributed by atoms with E-state index in [9.17, 15) is 14.3 Å². The molecule has 38 heavy (non-hydrogen) atoms. The number of unbranched alkanes of at least 4 members (excludes halogenated alkanes) is 1. The Kier molecular flexibility index (Phi) is 11.6. The van der Waals surface area contributed by atoms with Gasteiger partial charge in [0.1, 0.15) is 11.6 Å². The highest BCUT2D eigenvalue weighted by molar-refractivity contribution is 5.66. The van der Waals surface area contributed by atoms with E-state index >= 15 is 0 Å². The van der Waals surface area contributed by atoms with E-state index in [2.05, 4.69) is 4.90 Å². The van der Waals surface area contributed by atoms with Crippen molar-refractivity contribution in [3.05, 3.63) is 64.5 Å². The van der Waals surface area contributed by atoms with Crippen molar-refractivity contribution < 1.29 is 28.9 Å². The van der Waals surface area contributed by atoms with Crippen molar-refractivity contribution in [2.24, 2.45) is 0 Å². The minimum Gasteiger partial charge on any atom is -0.491 e. The van der Waals surface area contributed by atoms with Gasteiger partial charge in [-0.25, -0.2) is 4.39 Å². The van der Waals surface area contributed by atoms with Gasteiger partial charge in [0, 0.05) is 19.0 Å². The first kappa shape index (κ1) is 30.1. The Balaban J connectivity index is 1.57. The number of ether oxygens (including phenoxy) is 2.